The number of halogens is 3. The summed E-state index contributed by atoms with van der Waals surface area (Å²) in [5, 5.41) is 0. The van der Waals surface area contributed by atoms with Crippen LogP contribution in [0.3, 0.4) is 0 Å². The molecule has 0 aromatic rings. The zero-order chi connectivity index (χ0) is 8.41. The van der Waals surface area contributed by atoms with Crippen LogP contribution in [0.5, 0.6) is 0 Å². The molecular weight excluding hydrogens is 176 g/mol. The number of hydrogen-bond donors (Lipinski definition) is 0. The van der Waals surface area contributed by atoms with Crippen LogP contribution < -0.4 is 0 Å². The van der Waals surface area contributed by atoms with E-state index in [4.69, 9.17) is 0 Å². The van der Waals surface area contributed by atoms with Crippen molar-refractivity contribution in [2.45, 2.75) is 18.9 Å². The van der Waals surface area contributed by atoms with E-state index >= 15 is 0 Å². The Morgan fingerprint density at radius 3 is 1.73 bits per heavy atom. The molecule has 0 heterocycles. The van der Waals surface area contributed by atoms with Gasteiger partial charge < -0.3 is 0 Å². The van der Waals surface area contributed by atoms with E-state index in [2.05, 4.69) is 0 Å². The molecule has 11 heavy (non-hydrogen) atoms. The molecule has 0 rings (SSSR count). The molecule has 0 amide bonds. The maximum absolute atomic E-state index is 11.4. The summed E-state index contributed by atoms with van der Waals surface area (Å²) in [4.78, 5) is 0. The second-order valence-electron chi connectivity index (χ2n) is 1.76. The molecule has 0 bridgehead atoms. The van der Waals surface area contributed by atoms with Gasteiger partial charge in [0.15, 0.2) is 0 Å². The molecule has 7 heteroatoms. The van der Waals surface area contributed by atoms with Crippen LogP contribution in [0.15, 0.2) is 0 Å². The van der Waals surface area contributed by atoms with E-state index in [1.54, 1.807) is 0 Å². The standard InChI is InChI=1S/C4H7F3O2S.Li.H/c1-2-3-10(8,9)4(5,6)7;;/h2-3H2,1H3;;. The second kappa shape index (κ2) is 4.38. The molecule has 0 fully saturated rings. The molecule has 0 aliphatic carbocycles. The number of alkyl halides is 3. The van der Waals surface area contributed by atoms with Gasteiger partial charge in [0, 0.05) is 0 Å². The van der Waals surface area contributed by atoms with Gasteiger partial charge in [0.25, 0.3) is 0 Å². The summed E-state index contributed by atoms with van der Waals surface area (Å²) in [6, 6.07) is 0. The van der Waals surface area contributed by atoms with Crippen molar-refractivity contribution in [3.8, 4) is 0 Å². The maximum atomic E-state index is 11.4. The average Bonchev–Trinajstić information content (AvgIpc) is 1.61. The fraction of sp³-hybridized carbons (Fsp3) is 1.00. The minimum absolute atomic E-state index is 0. The summed E-state index contributed by atoms with van der Waals surface area (Å²) in [5.74, 6) is -0.823. The van der Waals surface area contributed by atoms with Crippen molar-refractivity contribution in [1.29, 1.82) is 0 Å². The van der Waals surface area contributed by atoms with E-state index in [0.717, 1.165) is 0 Å². The van der Waals surface area contributed by atoms with Crippen molar-refractivity contribution in [2.75, 3.05) is 5.75 Å². The van der Waals surface area contributed by atoms with Gasteiger partial charge in [0.1, 0.15) is 0 Å². The van der Waals surface area contributed by atoms with E-state index < -0.39 is 21.1 Å². The van der Waals surface area contributed by atoms with E-state index in [9.17, 15) is 21.6 Å². The van der Waals surface area contributed by atoms with E-state index in [0.29, 0.717) is 0 Å². The van der Waals surface area contributed by atoms with E-state index in [-0.39, 0.29) is 25.3 Å². The first kappa shape index (κ1) is 13.9. The van der Waals surface area contributed by atoms with Crippen LogP contribution in [0, 0.1) is 0 Å². The molecule has 2 nitrogen and oxygen atoms in total. The van der Waals surface area contributed by atoms with Gasteiger partial charge in [-0.15, -0.1) is 0 Å². The third kappa shape index (κ3) is 4.04. The molecule has 0 unspecified atom stereocenters. The van der Waals surface area contributed by atoms with Gasteiger partial charge in [-0.3, -0.25) is 0 Å². The number of rotatable bonds is 2. The van der Waals surface area contributed by atoms with E-state index in [1.165, 1.54) is 6.92 Å². The minimum atomic E-state index is -5.08. The second-order valence-corrected chi connectivity index (χ2v) is 3.87. The average molecular weight is 184 g/mol. The number of sulfone groups is 1. The predicted molar refractivity (Wildman–Crippen MR) is 37.3 cm³/mol. The predicted octanol–water partition coefficient (Wildman–Crippen LogP) is 0.683. The van der Waals surface area contributed by atoms with Crippen molar-refractivity contribution in [3.05, 3.63) is 0 Å². The first-order valence-corrected chi connectivity index (χ1v) is 4.25. The van der Waals surface area contributed by atoms with Crippen molar-refractivity contribution < 1.29 is 21.6 Å². The van der Waals surface area contributed by atoms with Gasteiger partial charge in [-0.25, -0.2) is 8.42 Å². The summed E-state index contributed by atoms with van der Waals surface area (Å²) in [6.45, 7) is 1.38. The summed E-state index contributed by atoms with van der Waals surface area (Å²) in [6.07, 6.45) is -0.0121. The Bertz CT molecular complexity index is 196. The molecule has 0 atom stereocenters. The van der Waals surface area contributed by atoms with Gasteiger partial charge in [-0.1, -0.05) is 6.92 Å². The topological polar surface area (TPSA) is 34.1 Å². The zero-order valence-electron chi connectivity index (χ0n) is 5.27. The third-order valence-corrected chi connectivity index (χ3v) is 2.48. The third-order valence-electron chi connectivity index (χ3n) is 0.825. The molecule has 0 spiro atoms. The van der Waals surface area contributed by atoms with Gasteiger partial charge in [0.2, 0.25) is 9.84 Å². The SMILES string of the molecule is CCCS(=O)(=O)C(F)(F)F.[LiH]. The Hall–Kier alpha value is 0.337. The Morgan fingerprint density at radius 1 is 1.27 bits per heavy atom. The Balaban J connectivity index is 0. The Kier molecular flexibility index (Phi) is 5.54. The van der Waals surface area contributed by atoms with Gasteiger partial charge in [-0.05, 0) is 6.42 Å². The van der Waals surface area contributed by atoms with Gasteiger partial charge in [0.05, 0.1) is 5.75 Å². The van der Waals surface area contributed by atoms with Crippen molar-refractivity contribution in [3.63, 3.8) is 0 Å². The van der Waals surface area contributed by atoms with Crippen molar-refractivity contribution in [1.82, 2.24) is 0 Å². The first-order chi connectivity index (χ1) is 4.31. The molecule has 0 aliphatic rings. The Morgan fingerprint density at radius 2 is 1.64 bits per heavy atom. The summed E-state index contributed by atoms with van der Waals surface area (Å²) in [5.41, 5.74) is -5.08. The van der Waals surface area contributed by atoms with E-state index in [1.807, 2.05) is 0 Å². The van der Waals surface area contributed by atoms with Gasteiger partial charge in [-0.2, -0.15) is 13.2 Å². The molecule has 64 valence electrons. The molecule has 0 aromatic heterocycles. The molecule has 0 radical (unpaired) electrons. The summed E-state index contributed by atoms with van der Waals surface area (Å²) >= 11 is 0. The quantitative estimate of drug-likeness (QED) is 0.591. The van der Waals surface area contributed by atoms with Gasteiger partial charge >= 0.3 is 24.4 Å². The normalized spacial score (nSPS) is 12.4. The number of hydrogen-bond acceptors (Lipinski definition) is 2. The monoisotopic (exact) mass is 184 g/mol. The molecular formula is C4H8F3LiO2S. The van der Waals surface area contributed by atoms with Crippen molar-refractivity contribution in [2.24, 2.45) is 0 Å². The van der Waals surface area contributed by atoms with Crippen molar-refractivity contribution >= 4 is 28.7 Å². The van der Waals surface area contributed by atoms with Crippen LogP contribution in [0.4, 0.5) is 13.2 Å². The van der Waals surface area contributed by atoms with Crippen LogP contribution in [-0.2, 0) is 9.84 Å². The molecule has 0 aromatic carbocycles. The van der Waals surface area contributed by atoms with Crippen LogP contribution in [0.2, 0.25) is 0 Å². The van der Waals surface area contributed by atoms with Crippen LogP contribution in [0.1, 0.15) is 13.3 Å². The first-order valence-electron chi connectivity index (χ1n) is 2.60. The Labute approximate surface area is 75.3 Å². The molecule has 0 N–H and O–H groups in total. The van der Waals surface area contributed by atoms with Crippen LogP contribution in [-0.4, -0.2) is 38.5 Å². The fourth-order valence-electron chi connectivity index (χ4n) is 0.384. The van der Waals surface area contributed by atoms with Crippen LogP contribution in [0.25, 0.3) is 0 Å². The zero-order valence-corrected chi connectivity index (χ0v) is 6.09. The molecule has 0 saturated carbocycles. The summed E-state index contributed by atoms with van der Waals surface area (Å²) < 4.78 is 54.6. The summed E-state index contributed by atoms with van der Waals surface area (Å²) in [7, 11) is -4.85. The fourth-order valence-corrected chi connectivity index (χ4v) is 1.15. The molecule has 0 aliphatic heterocycles. The van der Waals surface area contributed by atoms with Crippen LogP contribution >= 0.6 is 0 Å². The molecule has 0 saturated heterocycles.